The quantitative estimate of drug-likeness (QED) is 0.785. The second-order valence-electron chi connectivity index (χ2n) is 5.18. The standard InChI is InChI=1S/C17H23NO4/c1-20-14-11-13(12-15(21-2)17(14)22-3)7-8-16(19)18-9-5-4-6-10-18/h7-8,11-12H,4-6,9-10H2,1-3H3. The first-order valence-electron chi connectivity index (χ1n) is 7.46. The molecule has 1 amide bonds. The molecule has 0 atom stereocenters. The van der Waals surface area contributed by atoms with Crippen LogP contribution in [-0.2, 0) is 4.79 Å². The van der Waals surface area contributed by atoms with Crippen LogP contribution in [0.1, 0.15) is 24.8 Å². The molecule has 0 bridgehead atoms. The van der Waals surface area contributed by atoms with Gasteiger partial charge < -0.3 is 19.1 Å². The van der Waals surface area contributed by atoms with Crippen molar-refractivity contribution in [1.82, 2.24) is 4.90 Å². The number of nitrogens with zero attached hydrogens (tertiary/aromatic N) is 1. The van der Waals surface area contributed by atoms with Crippen molar-refractivity contribution in [3.05, 3.63) is 23.8 Å². The van der Waals surface area contributed by atoms with Crippen LogP contribution in [0.4, 0.5) is 0 Å². The fourth-order valence-electron chi connectivity index (χ4n) is 2.58. The molecule has 22 heavy (non-hydrogen) atoms. The number of rotatable bonds is 5. The van der Waals surface area contributed by atoms with Crippen molar-refractivity contribution in [1.29, 1.82) is 0 Å². The van der Waals surface area contributed by atoms with E-state index in [9.17, 15) is 4.79 Å². The van der Waals surface area contributed by atoms with Gasteiger partial charge in [-0.15, -0.1) is 0 Å². The Balaban J connectivity index is 2.17. The summed E-state index contributed by atoms with van der Waals surface area (Å²) in [5.74, 6) is 1.75. The third-order valence-corrected chi connectivity index (χ3v) is 3.77. The Bertz CT molecular complexity index is 523. The van der Waals surface area contributed by atoms with Crippen molar-refractivity contribution in [3.8, 4) is 17.2 Å². The maximum atomic E-state index is 12.2. The van der Waals surface area contributed by atoms with Gasteiger partial charge in [0.1, 0.15) is 0 Å². The molecule has 1 fully saturated rings. The molecule has 0 N–H and O–H groups in total. The van der Waals surface area contributed by atoms with Gasteiger partial charge in [-0.25, -0.2) is 0 Å². The molecule has 5 heteroatoms. The molecule has 5 nitrogen and oxygen atoms in total. The van der Waals surface area contributed by atoms with Crippen LogP contribution in [0.3, 0.4) is 0 Å². The van der Waals surface area contributed by atoms with Crippen LogP contribution in [-0.4, -0.2) is 45.2 Å². The third kappa shape index (κ3) is 3.72. The van der Waals surface area contributed by atoms with Gasteiger partial charge in [-0.05, 0) is 43.0 Å². The number of ether oxygens (including phenoxy) is 3. The molecule has 0 spiro atoms. The van der Waals surface area contributed by atoms with Crippen molar-refractivity contribution in [3.63, 3.8) is 0 Å². The Labute approximate surface area is 131 Å². The SMILES string of the molecule is COc1cc(C=CC(=O)N2CCCCC2)cc(OC)c1OC. The predicted molar refractivity (Wildman–Crippen MR) is 85.6 cm³/mol. The summed E-state index contributed by atoms with van der Waals surface area (Å²) in [6.07, 6.45) is 6.77. The number of likely N-dealkylation sites (tertiary alicyclic amines) is 1. The van der Waals surface area contributed by atoms with E-state index in [1.807, 2.05) is 17.0 Å². The lowest BCUT2D eigenvalue weighted by Gasteiger charge is -2.25. The predicted octanol–water partition coefficient (Wildman–Crippen LogP) is 2.74. The van der Waals surface area contributed by atoms with Crippen LogP contribution in [0.5, 0.6) is 17.2 Å². The fraction of sp³-hybridized carbons (Fsp3) is 0.471. The number of hydrogen-bond acceptors (Lipinski definition) is 4. The Kier molecular flexibility index (Phi) is 5.69. The topological polar surface area (TPSA) is 48.0 Å². The van der Waals surface area contributed by atoms with Gasteiger partial charge in [-0.3, -0.25) is 4.79 Å². The number of hydrogen-bond donors (Lipinski definition) is 0. The van der Waals surface area contributed by atoms with Crippen molar-refractivity contribution in [2.45, 2.75) is 19.3 Å². The molecular weight excluding hydrogens is 282 g/mol. The molecule has 1 aliphatic rings. The highest BCUT2D eigenvalue weighted by Crippen LogP contribution is 2.38. The van der Waals surface area contributed by atoms with E-state index >= 15 is 0 Å². The summed E-state index contributed by atoms with van der Waals surface area (Å²) in [5.41, 5.74) is 0.833. The molecule has 0 aromatic heterocycles. The summed E-state index contributed by atoms with van der Waals surface area (Å²) in [6.45, 7) is 1.69. The van der Waals surface area contributed by atoms with E-state index in [0.29, 0.717) is 17.2 Å². The summed E-state index contributed by atoms with van der Waals surface area (Å²) in [5, 5.41) is 0. The maximum Gasteiger partial charge on any atom is 0.246 e. The summed E-state index contributed by atoms with van der Waals surface area (Å²) < 4.78 is 15.9. The lowest BCUT2D eigenvalue weighted by Crippen LogP contribution is -2.34. The molecule has 120 valence electrons. The molecule has 0 aliphatic carbocycles. The minimum atomic E-state index is 0.0495. The van der Waals surface area contributed by atoms with E-state index in [2.05, 4.69) is 0 Å². The smallest absolute Gasteiger partial charge is 0.246 e. The molecule has 0 unspecified atom stereocenters. The first-order valence-corrected chi connectivity index (χ1v) is 7.46. The van der Waals surface area contributed by atoms with Crippen LogP contribution in [0.15, 0.2) is 18.2 Å². The van der Waals surface area contributed by atoms with Crippen LogP contribution in [0.2, 0.25) is 0 Å². The van der Waals surface area contributed by atoms with Gasteiger partial charge in [-0.2, -0.15) is 0 Å². The molecule has 0 saturated carbocycles. The van der Waals surface area contributed by atoms with Crippen molar-refractivity contribution < 1.29 is 19.0 Å². The molecule has 0 radical (unpaired) electrons. The van der Waals surface area contributed by atoms with Gasteiger partial charge in [0, 0.05) is 19.2 Å². The van der Waals surface area contributed by atoms with Crippen LogP contribution >= 0.6 is 0 Å². The zero-order valence-electron chi connectivity index (χ0n) is 13.4. The monoisotopic (exact) mass is 305 g/mol. The van der Waals surface area contributed by atoms with Crippen LogP contribution < -0.4 is 14.2 Å². The Morgan fingerprint density at radius 1 is 1.00 bits per heavy atom. The van der Waals surface area contributed by atoms with Gasteiger partial charge in [0.25, 0.3) is 0 Å². The third-order valence-electron chi connectivity index (χ3n) is 3.77. The lowest BCUT2D eigenvalue weighted by molar-refractivity contribution is -0.126. The fourth-order valence-corrected chi connectivity index (χ4v) is 2.58. The second-order valence-corrected chi connectivity index (χ2v) is 5.18. The number of methoxy groups -OCH3 is 3. The number of carbonyl (C=O) groups is 1. The highest BCUT2D eigenvalue weighted by atomic mass is 16.5. The van der Waals surface area contributed by atoms with Gasteiger partial charge in [0.15, 0.2) is 11.5 Å². The minimum Gasteiger partial charge on any atom is -0.493 e. The summed E-state index contributed by atoms with van der Waals surface area (Å²) in [4.78, 5) is 14.0. The summed E-state index contributed by atoms with van der Waals surface area (Å²) >= 11 is 0. The molecule has 2 rings (SSSR count). The summed E-state index contributed by atoms with van der Waals surface area (Å²) in [7, 11) is 4.71. The normalized spacial score (nSPS) is 15.0. The van der Waals surface area contributed by atoms with E-state index in [0.717, 1.165) is 31.5 Å². The zero-order valence-corrected chi connectivity index (χ0v) is 13.4. The van der Waals surface area contributed by atoms with Gasteiger partial charge >= 0.3 is 0 Å². The van der Waals surface area contributed by atoms with Gasteiger partial charge in [0.2, 0.25) is 11.7 Å². The van der Waals surface area contributed by atoms with E-state index in [1.165, 1.54) is 6.42 Å². The van der Waals surface area contributed by atoms with E-state index in [1.54, 1.807) is 33.5 Å². The Morgan fingerprint density at radius 3 is 2.09 bits per heavy atom. The Morgan fingerprint density at radius 2 is 1.59 bits per heavy atom. The van der Waals surface area contributed by atoms with Gasteiger partial charge in [-0.1, -0.05) is 0 Å². The van der Waals surface area contributed by atoms with Crippen molar-refractivity contribution >= 4 is 12.0 Å². The van der Waals surface area contributed by atoms with E-state index in [-0.39, 0.29) is 5.91 Å². The average Bonchev–Trinajstić information content (AvgIpc) is 2.59. The molecular formula is C17H23NO4. The summed E-state index contributed by atoms with van der Waals surface area (Å²) in [6, 6.07) is 3.64. The van der Waals surface area contributed by atoms with E-state index < -0.39 is 0 Å². The Hall–Kier alpha value is -2.17. The number of carbonyl (C=O) groups excluding carboxylic acids is 1. The zero-order chi connectivity index (χ0) is 15.9. The minimum absolute atomic E-state index is 0.0495. The molecule has 1 heterocycles. The van der Waals surface area contributed by atoms with Crippen LogP contribution in [0.25, 0.3) is 6.08 Å². The number of benzene rings is 1. The lowest BCUT2D eigenvalue weighted by atomic mass is 10.1. The molecule has 1 aromatic rings. The number of piperidine rings is 1. The number of amides is 1. The van der Waals surface area contributed by atoms with Crippen molar-refractivity contribution in [2.75, 3.05) is 34.4 Å². The first kappa shape index (κ1) is 16.2. The maximum absolute atomic E-state index is 12.2. The molecule has 1 saturated heterocycles. The second kappa shape index (κ2) is 7.73. The average molecular weight is 305 g/mol. The van der Waals surface area contributed by atoms with Crippen molar-refractivity contribution in [2.24, 2.45) is 0 Å². The van der Waals surface area contributed by atoms with Gasteiger partial charge in [0.05, 0.1) is 21.3 Å². The highest BCUT2D eigenvalue weighted by molar-refractivity contribution is 5.92. The van der Waals surface area contributed by atoms with E-state index in [4.69, 9.17) is 14.2 Å². The highest BCUT2D eigenvalue weighted by Gasteiger charge is 2.15. The van der Waals surface area contributed by atoms with Crippen LogP contribution in [0, 0.1) is 0 Å². The first-order chi connectivity index (χ1) is 10.7. The largest absolute Gasteiger partial charge is 0.493 e. The molecule has 1 aromatic carbocycles. The molecule has 1 aliphatic heterocycles.